The van der Waals surface area contributed by atoms with Crippen molar-refractivity contribution in [3.8, 4) is 0 Å². The van der Waals surface area contributed by atoms with Crippen LogP contribution in [0.25, 0.3) is 0 Å². The molecule has 1 saturated carbocycles. The third-order valence-electron chi connectivity index (χ3n) is 7.65. The van der Waals surface area contributed by atoms with Crippen molar-refractivity contribution in [2.45, 2.75) is 142 Å². The van der Waals surface area contributed by atoms with Crippen LogP contribution in [0.5, 0.6) is 0 Å². The largest absolute Gasteiger partial charge is 0.444 e. The lowest BCUT2D eigenvalue weighted by Gasteiger charge is -2.32. The summed E-state index contributed by atoms with van der Waals surface area (Å²) in [5.41, 5.74) is -0.804. The zero-order valence-corrected chi connectivity index (χ0v) is 29.3. The number of nitrogens with one attached hydrogen (secondary N) is 4. The lowest BCUT2D eigenvalue weighted by Crippen LogP contribution is -2.58. The van der Waals surface area contributed by atoms with Gasteiger partial charge in [0.15, 0.2) is 0 Å². The molecule has 13 nitrogen and oxygen atoms in total. The van der Waals surface area contributed by atoms with Gasteiger partial charge in [0.2, 0.25) is 17.7 Å². The molecule has 0 saturated heterocycles. The Bertz CT molecular complexity index is 1090. The molecule has 0 spiro atoms. The molecule has 0 heterocycles. The number of carbonyl (C=O) groups excluding carboxylic acids is 4. The van der Waals surface area contributed by atoms with E-state index >= 15 is 0 Å². The molecule has 0 aromatic carbocycles. The zero-order valence-electron chi connectivity index (χ0n) is 28.5. The maximum Gasteiger partial charge on any atom is 0.408 e. The van der Waals surface area contributed by atoms with Gasteiger partial charge in [-0.25, -0.2) is 13.2 Å². The summed E-state index contributed by atoms with van der Waals surface area (Å²) < 4.78 is 29.2. The van der Waals surface area contributed by atoms with Gasteiger partial charge in [-0.2, -0.15) is 0 Å². The van der Waals surface area contributed by atoms with E-state index in [0.29, 0.717) is 19.3 Å². The average Bonchev–Trinajstić information content (AvgIpc) is 2.88. The number of amides is 4. The highest BCUT2D eigenvalue weighted by atomic mass is 32.2. The summed E-state index contributed by atoms with van der Waals surface area (Å²) in [5.74, 6) is -3.05. The summed E-state index contributed by atoms with van der Waals surface area (Å²) in [6, 6.07) is -3.50. The predicted octanol–water partition coefficient (Wildman–Crippen LogP) is 1.79. The molecular formula is C31H58N4O9S. The van der Waals surface area contributed by atoms with E-state index in [9.17, 15) is 37.8 Å². The Balaban J connectivity index is 3.08. The fourth-order valence-corrected chi connectivity index (χ4v) is 5.84. The molecule has 1 aliphatic carbocycles. The van der Waals surface area contributed by atoms with Gasteiger partial charge in [0, 0.05) is 12.2 Å². The highest BCUT2D eigenvalue weighted by Gasteiger charge is 2.34. The maximum atomic E-state index is 13.6. The summed E-state index contributed by atoms with van der Waals surface area (Å²) in [5, 5.41) is 32.2. The van der Waals surface area contributed by atoms with Gasteiger partial charge in [0.05, 0.1) is 30.0 Å². The van der Waals surface area contributed by atoms with Gasteiger partial charge in [-0.05, 0) is 64.7 Å². The number of ether oxygens (including phenoxy) is 1. The fraction of sp³-hybridized carbons (Fsp3) is 0.871. The first-order valence-corrected chi connectivity index (χ1v) is 18.1. The molecule has 1 fully saturated rings. The quantitative estimate of drug-likeness (QED) is 0.143. The van der Waals surface area contributed by atoms with Crippen LogP contribution in [0.15, 0.2) is 0 Å². The van der Waals surface area contributed by atoms with Crippen LogP contribution in [0, 0.1) is 17.8 Å². The number of rotatable bonds is 16. The standard InChI is InChI=1S/C31H58N4O9S/c1-18(2)16-23(25(37)17-20(5)27(38)32-21-12-10-11-13-24(21)36)34-28(39)22(14-15-45(9,42)43)33-29(40)26(19(3)4)35-30(41)44-31(6,7)8/h18-26,36-37H,10-17H2,1-9H3,(H,32,38)(H,33,40)(H,34,39)(H,35,41)/t20-,21+,22+,23+,24+,25+,26+/m1/s1. The molecule has 1 rings (SSSR count). The summed E-state index contributed by atoms with van der Waals surface area (Å²) in [6.07, 6.45) is 1.73. The number of hydrogen-bond acceptors (Lipinski definition) is 9. The normalized spacial score (nSPS) is 20.8. The molecule has 262 valence electrons. The number of aliphatic hydroxyl groups is 2. The fourth-order valence-electron chi connectivity index (χ4n) is 5.17. The highest BCUT2D eigenvalue weighted by molar-refractivity contribution is 7.90. The van der Waals surface area contributed by atoms with Gasteiger partial charge in [0.25, 0.3) is 0 Å². The SMILES string of the molecule is CC(C)C[C@H](NC(=O)[C@H](CCS(C)(=O)=O)NC(=O)[C@@H](NC(=O)OC(C)(C)C)C(C)C)[C@@H](O)C[C@@H](C)C(=O)N[C@H]1CCCC[C@@H]1O. The number of sulfone groups is 1. The smallest absolute Gasteiger partial charge is 0.408 e. The monoisotopic (exact) mass is 662 g/mol. The van der Waals surface area contributed by atoms with Gasteiger partial charge in [-0.15, -0.1) is 0 Å². The Morgan fingerprint density at radius 3 is 2.00 bits per heavy atom. The first-order chi connectivity index (χ1) is 20.6. The van der Waals surface area contributed by atoms with E-state index in [4.69, 9.17) is 4.74 Å². The van der Waals surface area contributed by atoms with Gasteiger partial charge >= 0.3 is 6.09 Å². The Morgan fingerprint density at radius 2 is 1.49 bits per heavy atom. The first-order valence-electron chi connectivity index (χ1n) is 16.0. The third kappa shape index (κ3) is 16.1. The van der Waals surface area contributed by atoms with E-state index in [1.54, 1.807) is 41.5 Å². The summed E-state index contributed by atoms with van der Waals surface area (Å²) in [4.78, 5) is 52.1. The molecule has 0 unspecified atom stereocenters. The van der Waals surface area contributed by atoms with Crippen molar-refractivity contribution in [1.29, 1.82) is 0 Å². The minimum atomic E-state index is -3.50. The Labute approximate surface area is 269 Å². The van der Waals surface area contributed by atoms with Crippen LogP contribution in [0.1, 0.15) is 100 Å². The van der Waals surface area contributed by atoms with Gasteiger partial charge in [-0.1, -0.05) is 47.5 Å². The van der Waals surface area contributed by atoms with Crippen LogP contribution >= 0.6 is 0 Å². The topological polar surface area (TPSA) is 200 Å². The third-order valence-corrected chi connectivity index (χ3v) is 8.63. The van der Waals surface area contributed by atoms with Gasteiger partial charge in [-0.3, -0.25) is 14.4 Å². The molecular weight excluding hydrogens is 604 g/mol. The van der Waals surface area contributed by atoms with Crippen LogP contribution in [0.2, 0.25) is 0 Å². The molecule has 0 radical (unpaired) electrons. The van der Waals surface area contributed by atoms with Crippen LogP contribution in [0.3, 0.4) is 0 Å². The van der Waals surface area contributed by atoms with E-state index in [1.165, 1.54) is 0 Å². The van der Waals surface area contributed by atoms with Crippen LogP contribution in [0.4, 0.5) is 4.79 Å². The minimum Gasteiger partial charge on any atom is -0.444 e. The van der Waals surface area contributed by atoms with E-state index in [2.05, 4.69) is 21.3 Å². The lowest BCUT2D eigenvalue weighted by atomic mass is 9.90. The number of hydrogen-bond donors (Lipinski definition) is 6. The zero-order chi connectivity index (χ0) is 34.7. The van der Waals surface area contributed by atoms with Crippen LogP contribution < -0.4 is 21.3 Å². The summed E-state index contributed by atoms with van der Waals surface area (Å²) in [6.45, 7) is 13.9. The van der Waals surface area contributed by atoms with Crippen LogP contribution in [-0.2, 0) is 29.0 Å². The molecule has 6 N–H and O–H groups in total. The molecule has 1 aliphatic rings. The predicted molar refractivity (Wildman–Crippen MR) is 172 cm³/mol. The van der Waals surface area contributed by atoms with Crippen molar-refractivity contribution >= 4 is 33.7 Å². The number of alkyl carbamates (subject to hydrolysis) is 1. The van der Waals surface area contributed by atoms with Gasteiger partial charge < -0.3 is 36.2 Å². The van der Waals surface area contributed by atoms with Crippen molar-refractivity contribution < 1.29 is 42.5 Å². The number of carbonyl (C=O) groups is 4. The van der Waals surface area contributed by atoms with Gasteiger partial charge in [0.1, 0.15) is 27.5 Å². The second-order valence-electron chi connectivity index (χ2n) is 14.3. The Kier molecular flexibility index (Phi) is 16.3. The van der Waals surface area contributed by atoms with Crippen molar-refractivity contribution in [3.63, 3.8) is 0 Å². The molecule has 4 amide bonds. The van der Waals surface area contributed by atoms with E-state index < -0.39 is 81.3 Å². The molecule has 0 aliphatic heterocycles. The molecule has 0 aromatic heterocycles. The molecule has 14 heteroatoms. The van der Waals surface area contributed by atoms with Crippen LogP contribution in [-0.4, -0.2) is 96.4 Å². The molecule has 0 bridgehead atoms. The van der Waals surface area contributed by atoms with Crippen molar-refractivity contribution in [3.05, 3.63) is 0 Å². The first kappa shape index (κ1) is 40.6. The molecule has 45 heavy (non-hydrogen) atoms. The Morgan fingerprint density at radius 1 is 0.889 bits per heavy atom. The van der Waals surface area contributed by atoms with Crippen molar-refractivity contribution in [2.75, 3.05) is 12.0 Å². The second-order valence-corrected chi connectivity index (χ2v) is 16.5. The van der Waals surface area contributed by atoms with E-state index in [-0.39, 0.29) is 30.7 Å². The lowest BCUT2D eigenvalue weighted by molar-refractivity contribution is -0.131. The van der Waals surface area contributed by atoms with Crippen molar-refractivity contribution in [2.24, 2.45) is 17.8 Å². The van der Waals surface area contributed by atoms with E-state index in [0.717, 1.165) is 19.1 Å². The Hall–Kier alpha value is -2.45. The minimum absolute atomic E-state index is 0.0297. The maximum absolute atomic E-state index is 13.6. The molecule has 0 aromatic rings. The van der Waals surface area contributed by atoms with Crippen molar-refractivity contribution in [1.82, 2.24) is 21.3 Å². The highest BCUT2D eigenvalue weighted by Crippen LogP contribution is 2.21. The van der Waals surface area contributed by atoms with E-state index in [1.807, 2.05) is 13.8 Å². The molecule has 7 atom stereocenters. The summed E-state index contributed by atoms with van der Waals surface area (Å²) in [7, 11) is -3.50. The second kappa shape index (κ2) is 18.0. The summed E-state index contributed by atoms with van der Waals surface area (Å²) >= 11 is 0. The number of aliphatic hydroxyl groups excluding tert-OH is 2. The average molecular weight is 663 g/mol.